The molecule has 294 valence electrons. The van der Waals surface area contributed by atoms with Gasteiger partial charge in [0.1, 0.15) is 29.4 Å². The summed E-state index contributed by atoms with van der Waals surface area (Å²) in [6, 6.07) is 28.0. The molecular formula is C42H53N4O8P. The topological polar surface area (TPSA) is 127 Å². The summed E-state index contributed by atoms with van der Waals surface area (Å²) >= 11 is 0. The van der Waals surface area contributed by atoms with E-state index in [0.717, 1.165) is 16.7 Å². The number of nitrogens with zero attached hydrogens (tertiary/aromatic N) is 4. The van der Waals surface area contributed by atoms with E-state index < -0.39 is 38.3 Å². The zero-order chi connectivity index (χ0) is 39.5. The summed E-state index contributed by atoms with van der Waals surface area (Å²) < 4.78 is 47.7. The van der Waals surface area contributed by atoms with E-state index in [0.29, 0.717) is 36.0 Å². The standard InChI is InChI=1S/C42H53N4O8P/c1-9-50-40-31(6)27-45(41(47)44-40)39-26-37(54-55(52-25-13-24-43)46(29(2)3)30(4)5)38(53-39)28-51-42(32-14-11-10-12-15-32,33-16-20-35(48-7)21-17-33)34-18-22-36(49-8)23-19-34/h10-12,14-23,27,29-30,37-39H,9,13,25-26,28H2,1-8H3/t37-,38+,39+,55?/m0/s1. The van der Waals surface area contributed by atoms with Gasteiger partial charge in [0.15, 0.2) is 0 Å². The first-order valence-corrected chi connectivity index (χ1v) is 19.8. The molecule has 4 aromatic rings. The Labute approximate surface area is 325 Å². The van der Waals surface area contributed by atoms with Gasteiger partial charge >= 0.3 is 5.69 Å². The van der Waals surface area contributed by atoms with Crippen molar-refractivity contribution >= 4 is 8.53 Å². The largest absolute Gasteiger partial charge is 0.497 e. The molecule has 0 bridgehead atoms. The van der Waals surface area contributed by atoms with E-state index in [1.807, 2.05) is 92.7 Å². The molecule has 55 heavy (non-hydrogen) atoms. The molecule has 1 unspecified atom stereocenters. The highest BCUT2D eigenvalue weighted by molar-refractivity contribution is 7.44. The minimum atomic E-state index is -1.65. The molecule has 1 fully saturated rings. The summed E-state index contributed by atoms with van der Waals surface area (Å²) in [5.74, 6) is 1.72. The molecule has 0 aliphatic carbocycles. The van der Waals surface area contributed by atoms with Crippen LogP contribution in [0.3, 0.4) is 0 Å². The third kappa shape index (κ3) is 9.73. The van der Waals surface area contributed by atoms with Crippen molar-refractivity contribution < 1.29 is 32.7 Å². The zero-order valence-electron chi connectivity index (χ0n) is 33.0. The number of hydrogen-bond donors (Lipinski definition) is 0. The van der Waals surface area contributed by atoms with Gasteiger partial charge in [-0.1, -0.05) is 54.6 Å². The van der Waals surface area contributed by atoms with Gasteiger partial charge in [0, 0.05) is 30.3 Å². The van der Waals surface area contributed by atoms with Crippen molar-refractivity contribution in [1.29, 1.82) is 5.26 Å². The smallest absolute Gasteiger partial charge is 0.352 e. The maximum atomic E-state index is 13.5. The van der Waals surface area contributed by atoms with E-state index >= 15 is 0 Å². The van der Waals surface area contributed by atoms with Crippen LogP contribution in [0.4, 0.5) is 0 Å². The number of benzene rings is 3. The van der Waals surface area contributed by atoms with E-state index in [-0.39, 0.29) is 31.7 Å². The second-order valence-corrected chi connectivity index (χ2v) is 15.1. The summed E-state index contributed by atoms with van der Waals surface area (Å²) in [4.78, 5) is 17.7. The summed E-state index contributed by atoms with van der Waals surface area (Å²) in [6.45, 7) is 12.7. The van der Waals surface area contributed by atoms with E-state index in [4.69, 9.17) is 32.7 Å². The fourth-order valence-electron chi connectivity index (χ4n) is 6.86. The maximum Gasteiger partial charge on any atom is 0.352 e. The second kappa shape index (κ2) is 19.5. The minimum absolute atomic E-state index is 0.0665. The van der Waals surface area contributed by atoms with Crippen molar-refractivity contribution in [3.8, 4) is 23.4 Å². The molecule has 0 N–H and O–H groups in total. The molecule has 12 nitrogen and oxygen atoms in total. The Bertz CT molecular complexity index is 1840. The molecule has 4 atom stereocenters. The number of rotatable bonds is 19. The quantitative estimate of drug-likeness (QED) is 0.0524. The van der Waals surface area contributed by atoms with Crippen molar-refractivity contribution in [2.75, 3.05) is 34.0 Å². The van der Waals surface area contributed by atoms with Gasteiger partial charge in [-0.25, -0.2) is 9.46 Å². The molecule has 0 saturated carbocycles. The average molecular weight is 773 g/mol. The van der Waals surface area contributed by atoms with Crippen LogP contribution in [0.15, 0.2) is 89.9 Å². The first kappa shape index (κ1) is 41.8. The lowest BCUT2D eigenvalue weighted by Gasteiger charge is -2.39. The predicted octanol–water partition coefficient (Wildman–Crippen LogP) is 7.93. The maximum absolute atomic E-state index is 13.5. The summed E-state index contributed by atoms with van der Waals surface area (Å²) in [5, 5.41) is 9.34. The van der Waals surface area contributed by atoms with Crippen LogP contribution < -0.4 is 19.9 Å². The van der Waals surface area contributed by atoms with Crippen LogP contribution in [0.5, 0.6) is 17.4 Å². The van der Waals surface area contributed by atoms with Crippen LogP contribution >= 0.6 is 8.53 Å². The monoisotopic (exact) mass is 772 g/mol. The highest BCUT2D eigenvalue weighted by Gasteiger charge is 2.45. The lowest BCUT2D eigenvalue weighted by atomic mass is 9.80. The zero-order valence-corrected chi connectivity index (χ0v) is 33.9. The fraction of sp³-hybridized carbons (Fsp3) is 0.452. The van der Waals surface area contributed by atoms with Gasteiger partial charge in [-0.15, -0.1) is 0 Å². The molecule has 1 aliphatic heterocycles. The Morgan fingerprint density at radius 3 is 2.05 bits per heavy atom. The Morgan fingerprint density at radius 1 is 0.945 bits per heavy atom. The van der Waals surface area contributed by atoms with Crippen LogP contribution in [-0.4, -0.2) is 72.6 Å². The molecule has 1 aliphatic rings. The number of hydrogen-bond acceptors (Lipinski definition) is 11. The van der Waals surface area contributed by atoms with Crippen molar-refractivity contribution in [3.05, 3.63) is 118 Å². The van der Waals surface area contributed by atoms with Crippen LogP contribution in [0.2, 0.25) is 0 Å². The third-order valence-electron chi connectivity index (χ3n) is 9.39. The average Bonchev–Trinajstić information content (AvgIpc) is 3.59. The highest BCUT2D eigenvalue weighted by atomic mass is 31.2. The molecule has 5 rings (SSSR count). The van der Waals surface area contributed by atoms with Gasteiger partial charge in [0.05, 0.1) is 52.6 Å². The highest BCUT2D eigenvalue weighted by Crippen LogP contribution is 2.50. The van der Waals surface area contributed by atoms with Crippen LogP contribution in [0.25, 0.3) is 0 Å². The molecular weight excluding hydrogens is 719 g/mol. The fourth-order valence-corrected chi connectivity index (χ4v) is 8.62. The van der Waals surface area contributed by atoms with Crippen molar-refractivity contribution in [1.82, 2.24) is 14.2 Å². The Morgan fingerprint density at radius 2 is 1.53 bits per heavy atom. The van der Waals surface area contributed by atoms with Gasteiger partial charge in [-0.2, -0.15) is 10.2 Å². The van der Waals surface area contributed by atoms with Crippen molar-refractivity contribution in [2.24, 2.45) is 0 Å². The Hall–Kier alpha value is -4.34. The Kier molecular flexibility index (Phi) is 14.8. The second-order valence-electron chi connectivity index (χ2n) is 13.7. The van der Waals surface area contributed by atoms with E-state index in [9.17, 15) is 10.1 Å². The number of nitriles is 1. The molecule has 1 aromatic heterocycles. The van der Waals surface area contributed by atoms with Crippen molar-refractivity contribution in [3.63, 3.8) is 0 Å². The number of aromatic nitrogens is 2. The predicted molar refractivity (Wildman–Crippen MR) is 211 cm³/mol. The van der Waals surface area contributed by atoms with E-state index in [1.165, 1.54) is 4.57 Å². The number of ether oxygens (including phenoxy) is 5. The SMILES string of the molecule is CCOc1nc(=O)n([C@H]2C[C@H](OP(OCCC#N)N(C(C)C)C(C)C)[C@@H](COC(c3ccccc3)(c3ccc(OC)cc3)c3ccc(OC)cc3)O2)cc1C. The van der Waals surface area contributed by atoms with E-state index in [1.54, 1.807) is 20.4 Å². The number of methoxy groups -OCH3 is 2. The summed E-state index contributed by atoms with van der Waals surface area (Å²) in [7, 11) is 1.63. The van der Waals surface area contributed by atoms with Gasteiger partial charge < -0.3 is 32.7 Å². The van der Waals surface area contributed by atoms with Crippen LogP contribution in [-0.2, 0) is 24.1 Å². The van der Waals surface area contributed by atoms with Gasteiger partial charge in [0.25, 0.3) is 8.53 Å². The lowest BCUT2D eigenvalue weighted by Crippen LogP contribution is -2.39. The Balaban J connectivity index is 1.60. The molecule has 0 amide bonds. The summed E-state index contributed by atoms with van der Waals surface area (Å²) in [6.07, 6.45) is 0.305. The first-order chi connectivity index (χ1) is 26.6. The molecule has 3 aromatic carbocycles. The summed E-state index contributed by atoms with van der Waals surface area (Å²) in [5.41, 5.74) is 1.73. The van der Waals surface area contributed by atoms with E-state index in [2.05, 4.69) is 43.4 Å². The first-order valence-electron chi connectivity index (χ1n) is 18.7. The number of aryl methyl sites for hydroxylation is 1. The van der Waals surface area contributed by atoms with Crippen LogP contribution in [0.1, 0.15) is 75.9 Å². The van der Waals surface area contributed by atoms with Gasteiger partial charge in [-0.3, -0.25) is 4.57 Å². The van der Waals surface area contributed by atoms with Gasteiger partial charge in [-0.05, 0) is 82.5 Å². The molecule has 2 heterocycles. The van der Waals surface area contributed by atoms with Crippen molar-refractivity contribution in [2.45, 2.75) is 90.5 Å². The normalized spacial score (nSPS) is 17.7. The van der Waals surface area contributed by atoms with Gasteiger partial charge in [0.2, 0.25) is 5.88 Å². The molecule has 0 spiro atoms. The molecule has 0 radical (unpaired) electrons. The molecule has 1 saturated heterocycles. The lowest BCUT2D eigenvalue weighted by molar-refractivity contribution is -0.0926. The third-order valence-corrected chi connectivity index (χ3v) is 11.5. The van der Waals surface area contributed by atoms with Crippen LogP contribution in [0, 0.1) is 18.3 Å². The molecule has 13 heteroatoms. The minimum Gasteiger partial charge on any atom is -0.497 e.